The van der Waals surface area contributed by atoms with E-state index >= 15 is 0 Å². The van der Waals surface area contributed by atoms with Crippen molar-refractivity contribution in [2.24, 2.45) is 0 Å². The van der Waals surface area contributed by atoms with Gasteiger partial charge in [0.1, 0.15) is 5.75 Å². The first-order valence-electron chi connectivity index (χ1n) is 6.77. The summed E-state index contributed by atoms with van der Waals surface area (Å²) >= 11 is 3.43. The van der Waals surface area contributed by atoms with E-state index in [1.54, 1.807) is 24.3 Å². The van der Waals surface area contributed by atoms with E-state index in [0.717, 1.165) is 21.3 Å². The first-order valence-corrected chi connectivity index (χ1v) is 7.57. The summed E-state index contributed by atoms with van der Waals surface area (Å²) in [5.74, 6) is 0.692. The summed E-state index contributed by atoms with van der Waals surface area (Å²) in [6.45, 7) is 6.36. The lowest BCUT2D eigenvalue weighted by Crippen LogP contribution is -2.06. The molecule has 0 radical (unpaired) electrons. The van der Waals surface area contributed by atoms with Crippen molar-refractivity contribution >= 4 is 27.4 Å². The maximum absolute atomic E-state index is 12.6. The third-order valence-electron chi connectivity index (χ3n) is 3.35. The lowest BCUT2D eigenvalue weighted by molar-refractivity contribution is 0.103. The van der Waals surface area contributed by atoms with Crippen molar-refractivity contribution in [3.8, 4) is 5.75 Å². The van der Waals surface area contributed by atoms with Crippen molar-refractivity contribution in [2.75, 3.05) is 12.3 Å². The first-order chi connectivity index (χ1) is 9.93. The molecule has 0 bridgehead atoms. The van der Waals surface area contributed by atoms with Gasteiger partial charge in [-0.15, -0.1) is 0 Å². The molecule has 110 valence electrons. The Labute approximate surface area is 133 Å². The number of carbonyl (C=O) groups excluding carboxylic acids is 1. The highest BCUT2D eigenvalue weighted by atomic mass is 79.9. The lowest BCUT2D eigenvalue weighted by Gasteiger charge is -2.11. The molecule has 0 unspecified atom stereocenters. The molecule has 0 saturated carbocycles. The summed E-state index contributed by atoms with van der Waals surface area (Å²) in [5, 5.41) is 0. The van der Waals surface area contributed by atoms with E-state index in [9.17, 15) is 4.79 Å². The Hall–Kier alpha value is -1.81. The summed E-state index contributed by atoms with van der Waals surface area (Å²) in [5.41, 5.74) is 9.70. The SMILES string of the molecule is CCOc1ccc(C(=O)c2cc(N)c(C)cc2C)cc1Br. The molecule has 0 saturated heterocycles. The van der Waals surface area contributed by atoms with Crippen LogP contribution in [0.25, 0.3) is 0 Å². The fourth-order valence-corrected chi connectivity index (χ4v) is 2.68. The number of anilines is 1. The molecule has 2 rings (SSSR count). The van der Waals surface area contributed by atoms with Crippen LogP contribution >= 0.6 is 15.9 Å². The zero-order chi connectivity index (χ0) is 15.6. The molecule has 0 aliphatic heterocycles. The summed E-state index contributed by atoms with van der Waals surface area (Å²) in [6.07, 6.45) is 0. The van der Waals surface area contributed by atoms with E-state index in [1.165, 1.54) is 0 Å². The smallest absolute Gasteiger partial charge is 0.193 e. The van der Waals surface area contributed by atoms with Crippen LogP contribution in [0.2, 0.25) is 0 Å². The predicted octanol–water partition coefficient (Wildman–Crippen LogP) is 4.28. The molecular weight excluding hydrogens is 330 g/mol. The summed E-state index contributed by atoms with van der Waals surface area (Å²) < 4.78 is 6.23. The van der Waals surface area contributed by atoms with Crippen LogP contribution in [0.3, 0.4) is 0 Å². The second-order valence-electron chi connectivity index (χ2n) is 4.93. The minimum atomic E-state index is -0.0389. The molecule has 0 fully saturated rings. The van der Waals surface area contributed by atoms with E-state index in [1.807, 2.05) is 26.8 Å². The van der Waals surface area contributed by atoms with Gasteiger partial charge in [0.15, 0.2) is 5.78 Å². The molecule has 2 aromatic carbocycles. The zero-order valence-electron chi connectivity index (χ0n) is 12.4. The number of hydrogen-bond donors (Lipinski definition) is 1. The molecule has 4 heteroatoms. The Kier molecular flexibility index (Phi) is 4.68. The maximum Gasteiger partial charge on any atom is 0.193 e. The molecule has 21 heavy (non-hydrogen) atoms. The van der Waals surface area contributed by atoms with E-state index in [4.69, 9.17) is 10.5 Å². The van der Waals surface area contributed by atoms with Gasteiger partial charge in [-0.3, -0.25) is 4.79 Å². The first kappa shape index (κ1) is 15.6. The standard InChI is InChI=1S/C17H18BrNO2/c1-4-21-16-6-5-12(8-14(16)18)17(20)13-9-15(19)11(3)7-10(13)2/h5-9H,4,19H2,1-3H3. The van der Waals surface area contributed by atoms with Crippen LogP contribution in [0.4, 0.5) is 5.69 Å². The molecule has 0 aliphatic carbocycles. The van der Waals surface area contributed by atoms with Crippen LogP contribution < -0.4 is 10.5 Å². The zero-order valence-corrected chi connectivity index (χ0v) is 14.0. The van der Waals surface area contributed by atoms with Crippen molar-refractivity contribution in [1.82, 2.24) is 0 Å². The molecule has 0 aromatic heterocycles. The number of hydrogen-bond acceptors (Lipinski definition) is 3. The van der Waals surface area contributed by atoms with Crippen molar-refractivity contribution in [2.45, 2.75) is 20.8 Å². The highest BCUT2D eigenvalue weighted by Gasteiger charge is 2.15. The quantitative estimate of drug-likeness (QED) is 0.663. The third kappa shape index (κ3) is 3.27. The van der Waals surface area contributed by atoms with Crippen molar-refractivity contribution < 1.29 is 9.53 Å². The Bertz CT molecular complexity index is 695. The third-order valence-corrected chi connectivity index (χ3v) is 3.97. The van der Waals surface area contributed by atoms with E-state index in [-0.39, 0.29) is 5.78 Å². The lowest BCUT2D eigenvalue weighted by atomic mass is 9.96. The minimum absolute atomic E-state index is 0.0389. The Balaban J connectivity index is 2.41. The number of nitrogens with two attached hydrogens (primary N) is 1. The summed E-state index contributed by atoms with van der Waals surface area (Å²) in [7, 11) is 0. The average Bonchev–Trinajstić information content (AvgIpc) is 2.44. The molecule has 0 aliphatic rings. The highest BCUT2D eigenvalue weighted by molar-refractivity contribution is 9.10. The topological polar surface area (TPSA) is 52.3 Å². The maximum atomic E-state index is 12.6. The van der Waals surface area contributed by atoms with Crippen molar-refractivity contribution in [1.29, 1.82) is 0 Å². The molecule has 3 nitrogen and oxygen atoms in total. The second-order valence-corrected chi connectivity index (χ2v) is 5.79. The van der Waals surface area contributed by atoms with E-state index < -0.39 is 0 Å². The van der Waals surface area contributed by atoms with Crippen molar-refractivity contribution in [3.05, 3.63) is 57.1 Å². The molecule has 2 aromatic rings. The Morgan fingerprint density at radius 3 is 2.52 bits per heavy atom. The second kappa shape index (κ2) is 6.31. The number of ether oxygens (including phenoxy) is 1. The van der Waals surface area contributed by atoms with Crippen molar-refractivity contribution in [3.63, 3.8) is 0 Å². The number of rotatable bonds is 4. The monoisotopic (exact) mass is 347 g/mol. The number of aryl methyl sites for hydroxylation is 2. The summed E-state index contributed by atoms with van der Waals surface area (Å²) in [6, 6.07) is 9.04. The molecule has 0 spiro atoms. The largest absolute Gasteiger partial charge is 0.493 e. The van der Waals surface area contributed by atoms with Gasteiger partial charge in [0.25, 0.3) is 0 Å². The number of halogens is 1. The van der Waals surface area contributed by atoms with Gasteiger partial charge >= 0.3 is 0 Å². The van der Waals surface area contributed by atoms with Crippen LogP contribution in [-0.4, -0.2) is 12.4 Å². The number of benzene rings is 2. The van der Waals surface area contributed by atoms with Crippen LogP contribution in [0.1, 0.15) is 34.0 Å². The normalized spacial score (nSPS) is 10.5. The minimum Gasteiger partial charge on any atom is -0.493 e. The van der Waals surface area contributed by atoms with Gasteiger partial charge in [-0.2, -0.15) is 0 Å². The van der Waals surface area contributed by atoms with Crippen LogP contribution in [0, 0.1) is 13.8 Å². The van der Waals surface area contributed by atoms with Gasteiger partial charge in [-0.1, -0.05) is 6.07 Å². The van der Waals surface area contributed by atoms with Crippen LogP contribution in [-0.2, 0) is 0 Å². The number of ketones is 1. The van der Waals surface area contributed by atoms with E-state index in [2.05, 4.69) is 15.9 Å². The Morgan fingerprint density at radius 2 is 1.90 bits per heavy atom. The van der Waals surface area contributed by atoms with Crippen LogP contribution in [0.5, 0.6) is 5.75 Å². The van der Waals surface area contributed by atoms with Gasteiger partial charge < -0.3 is 10.5 Å². The molecule has 0 heterocycles. The van der Waals surface area contributed by atoms with Gasteiger partial charge in [-0.05, 0) is 72.1 Å². The van der Waals surface area contributed by atoms with Gasteiger partial charge in [0, 0.05) is 16.8 Å². The average molecular weight is 348 g/mol. The highest BCUT2D eigenvalue weighted by Crippen LogP contribution is 2.28. The number of carbonyl (C=O) groups is 1. The fourth-order valence-electron chi connectivity index (χ4n) is 2.18. The molecule has 2 N–H and O–H groups in total. The van der Waals surface area contributed by atoms with Gasteiger partial charge in [0.05, 0.1) is 11.1 Å². The molecule has 0 amide bonds. The van der Waals surface area contributed by atoms with Gasteiger partial charge in [0.2, 0.25) is 0 Å². The summed E-state index contributed by atoms with van der Waals surface area (Å²) in [4.78, 5) is 12.6. The molecule has 0 atom stereocenters. The predicted molar refractivity (Wildman–Crippen MR) is 89.1 cm³/mol. The number of nitrogen functional groups attached to an aromatic ring is 1. The van der Waals surface area contributed by atoms with Gasteiger partial charge in [-0.25, -0.2) is 0 Å². The van der Waals surface area contributed by atoms with E-state index in [0.29, 0.717) is 23.4 Å². The Morgan fingerprint density at radius 1 is 1.19 bits per heavy atom. The molecular formula is C17H18BrNO2. The van der Waals surface area contributed by atoms with Crippen LogP contribution in [0.15, 0.2) is 34.8 Å². The fraction of sp³-hybridized carbons (Fsp3) is 0.235.